The van der Waals surface area contributed by atoms with Crippen LogP contribution in [0.2, 0.25) is 0 Å². The van der Waals surface area contributed by atoms with E-state index >= 15 is 0 Å². The molecule has 0 radical (unpaired) electrons. The van der Waals surface area contributed by atoms with Crippen LogP contribution in [0.5, 0.6) is 0 Å². The standard InChI is InChI=1S/C13H16N2O2S2/c1-8(7-16)14-12(17)9(2)18-13-15-10-5-3-4-6-11(10)19-13/h3-6,8-9,16H,7H2,1-2H3,(H,14,17). The molecular weight excluding hydrogens is 280 g/mol. The monoisotopic (exact) mass is 296 g/mol. The van der Waals surface area contributed by atoms with Gasteiger partial charge in [0.25, 0.3) is 0 Å². The average molecular weight is 296 g/mol. The third kappa shape index (κ3) is 3.68. The number of hydrogen-bond donors (Lipinski definition) is 2. The zero-order valence-electron chi connectivity index (χ0n) is 10.8. The van der Waals surface area contributed by atoms with Crippen LogP contribution in [0.15, 0.2) is 28.6 Å². The molecule has 2 unspecified atom stereocenters. The molecule has 6 heteroatoms. The van der Waals surface area contributed by atoms with E-state index in [1.165, 1.54) is 11.8 Å². The summed E-state index contributed by atoms with van der Waals surface area (Å²) in [5.74, 6) is -0.0780. The zero-order chi connectivity index (χ0) is 13.8. The van der Waals surface area contributed by atoms with E-state index in [4.69, 9.17) is 5.11 Å². The smallest absolute Gasteiger partial charge is 0.233 e. The van der Waals surface area contributed by atoms with Gasteiger partial charge in [-0.25, -0.2) is 4.98 Å². The minimum Gasteiger partial charge on any atom is -0.394 e. The van der Waals surface area contributed by atoms with Gasteiger partial charge in [0, 0.05) is 6.04 Å². The van der Waals surface area contributed by atoms with Crippen molar-refractivity contribution in [3.8, 4) is 0 Å². The van der Waals surface area contributed by atoms with Crippen LogP contribution in [-0.2, 0) is 4.79 Å². The summed E-state index contributed by atoms with van der Waals surface area (Å²) in [5.41, 5.74) is 0.964. The molecule has 1 heterocycles. The number of aliphatic hydroxyl groups excluding tert-OH is 1. The lowest BCUT2D eigenvalue weighted by molar-refractivity contribution is -0.121. The summed E-state index contributed by atoms with van der Waals surface area (Å²) in [7, 11) is 0. The number of nitrogens with one attached hydrogen (secondary N) is 1. The Labute approximate surface area is 120 Å². The fourth-order valence-electron chi connectivity index (χ4n) is 1.51. The number of aliphatic hydroxyl groups is 1. The second-order valence-corrected chi connectivity index (χ2v) is 6.92. The highest BCUT2D eigenvalue weighted by molar-refractivity contribution is 8.02. The maximum Gasteiger partial charge on any atom is 0.233 e. The first-order valence-electron chi connectivity index (χ1n) is 6.03. The van der Waals surface area contributed by atoms with Crippen LogP contribution in [0.4, 0.5) is 0 Å². The largest absolute Gasteiger partial charge is 0.394 e. The number of carbonyl (C=O) groups is 1. The number of thioether (sulfide) groups is 1. The predicted molar refractivity (Wildman–Crippen MR) is 79.6 cm³/mol. The Morgan fingerprint density at radius 3 is 2.89 bits per heavy atom. The van der Waals surface area contributed by atoms with Gasteiger partial charge >= 0.3 is 0 Å². The Kier molecular flexibility index (Phi) is 4.79. The second kappa shape index (κ2) is 6.36. The lowest BCUT2D eigenvalue weighted by Crippen LogP contribution is -2.39. The molecule has 0 fully saturated rings. The van der Waals surface area contributed by atoms with Crippen LogP contribution in [-0.4, -0.2) is 33.9 Å². The molecule has 0 bridgehead atoms. The van der Waals surface area contributed by atoms with E-state index in [9.17, 15) is 4.79 Å². The third-order valence-corrected chi connectivity index (χ3v) is 4.81. The summed E-state index contributed by atoms with van der Waals surface area (Å²) in [4.78, 5) is 16.4. The van der Waals surface area contributed by atoms with Gasteiger partial charge in [-0.05, 0) is 26.0 Å². The van der Waals surface area contributed by atoms with Crippen molar-refractivity contribution >= 4 is 39.2 Å². The maximum atomic E-state index is 11.9. The molecular formula is C13H16N2O2S2. The number of fused-ring (bicyclic) bond motifs is 1. The molecule has 19 heavy (non-hydrogen) atoms. The van der Waals surface area contributed by atoms with Gasteiger partial charge in [-0.1, -0.05) is 23.9 Å². The molecule has 0 saturated carbocycles. The van der Waals surface area contributed by atoms with Crippen molar-refractivity contribution in [3.63, 3.8) is 0 Å². The minimum atomic E-state index is -0.227. The quantitative estimate of drug-likeness (QED) is 0.831. The van der Waals surface area contributed by atoms with E-state index in [1.807, 2.05) is 31.2 Å². The van der Waals surface area contributed by atoms with Gasteiger partial charge in [-0.3, -0.25) is 4.79 Å². The Balaban J connectivity index is 2.01. The highest BCUT2D eigenvalue weighted by atomic mass is 32.2. The first-order chi connectivity index (χ1) is 9.10. The number of amides is 1. The molecule has 0 aliphatic heterocycles. The number of para-hydroxylation sites is 1. The molecule has 1 aromatic heterocycles. The van der Waals surface area contributed by atoms with Crippen molar-refractivity contribution in [2.45, 2.75) is 29.5 Å². The molecule has 4 nitrogen and oxygen atoms in total. The van der Waals surface area contributed by atoms with Crippen LogP contribution in [0.25, 0.3) is 10.2 Å². The summed E-state index contributed by atoms with van der Waals surface area (Å²) in [5, 5.41) is 11.4. The number of rotatable bonds is 5. The van der Waals surface area contributed by atoms with Crippen molar-refractivity contribution in [1.82, 2.24) is 10.3 Å². The number of thiazole rings is 1. The first-order valence-corrected chi connectivity index (χ1v) is 7.73. The second-order valence-electron chi connectivity index (χ2n) is 4.30. The van der Waals surface area contributed by atoms with Crippen LogP contribution < -0.4 is 5.32 Å². The molecule has 102 valence electrons. The van der Waals surface area contributed by atoms with E-state index < -0.39 is 0 Å². The Morgan fingerprint density at radius 2 is 2.21 bits per heavy atom. The SMILES string of the molecule is CC(CO)NC(=O)C(C)Sc1nc2ccccc2s1. The summed E-state index contributed by atoms with van der Waals surface area (Å²) in [6.07, 6.45) is 0. The summed E-state index contributed by atoms with van der Waals surface area (Å²) < 4.78 is 2.02. The van der Waals surface area contributed by atoms with Gasteiger partial charge in [-0.2, -0.15) is 0 Å². The van der Waals surface area contributed by atoms with Gasteiger partial charge in [0.1, 0.15) is 0 Å². The molecule has 2 N–H and O–H groups in total. The first kappa shape index (κ1) is 14.3. The Hall–Kier alpha value is -1.11. The molecule has 1 aromatic carbocycles. The van der Waals surface area contributed by atoms with Crippen molar-refractivity contribution in [1.29, 1.82) is 0 Å². The van der Waals surface area contributed by atoms with E-state index in [0.29, 0.717) is 0 Å². The summed E-state index contributed by atoms with van der Waals surface area (Å²) >= 11 is 3.03. The summed E-state index contributed by atoms with van der Waals surface area (Å²) in [6.45, 7) is 3.56. The molecule has 0 spiro atoms. The number of benzene rings is 1. The van der Waals surface area contributed by atoms with Crippen molar-refractivity contribution in [3.05, 3.63) is 24.3 Å². The van der Waals surface area contributed by atoms with E-state index in [-0.39, 0.29) is 23.8 Å². The van der Waals surface area contributed by atoms with E-state index in [0.717, 1.165) is 14.6 Å². The third-order valence-electron chi connectivity index (χ3n) is 2.58. The number of nitrogens with zero attached hydrogens (tertiary/aromatic N) is 1. The van der Waals surface area contributed by atoms with Crippen LogP contribution >= 0.6 is 23.1 Å². The van der Waals surface area contributed by atoms with Crippen LogP contribution in [0.3, 0.4) is 0 Å². The van der Waals surface area contributed by atoms with Crippen LogP contribution in [0.1, 0.15) is 13.8 Å². The number of carbonyl (C=O) groups excluding carboxylic acids is 1. The van der Waals surface area contributed by atoms with Crippen molar-refractivity contribution < 1.29 is 9.90 Å². The van der Waals surface area contributed by atoms with Gasteiger partial charge in [0.15, 0.2) is 4.34 Å². The molecule has 2 aromatic rings. The summed E-state index contributed by atoms with van der Waals surface area (Å²) in [6, 6.07) is 7.71. The predicted octanol–water partition coefficient (Wildman–Crippen LogP) is 2.27. The highest BCUT2D eigenvalue weighted by Crippen LogP contribution is 2.31. The van der Waals surface area contributed by atoms with Crippen molar-refractivity contribution in [2.24, 2.45) is 0 Å². The van der Waals surface area contributed by atoms with Gasteiger partial charge in [-0.15, -0.1) is 11.3 Å². The normalized spacial score (nSPS) is 14.3. The zero-order valence-corrected chi connectivity index (χ0v) is 12.4. The van der Waals surface area contributed by atoms with E-state index in [1.54, 1.807) is 18.3 Å². The van der Waals surface area contributed by atoms with Crippen molar-refractivity contribution in [2.75, 3.05) is 6.61 Å². The minimum absolute atomic E-state index is 0.0513. The van der Waals surface area contributed by atoms with Gasteiger partial charge in [0.2, 0.25) is 5.91 Å². The number of hydrogen-bond acceptors (Lipinski definition) is 5. The Morgan fingerprint density at radius 1 is 1.47 bits per heavy atom. The topological polar surface area (TPSA) is 62.2 Å². The molecule has 0 saturated heterocycles. The fourth-order valence-corrected chi connectivity index (χ4v) is 3.73. The van der Waals surface area contributed by atoms with Gasteiger partial charge < -0.3 is 10.4 Å². The maximum absolute atomic E-state index is 11.9. The fraction of sp³-hybridized carbons (Fsp3) is 0.385. The Bertz CT molecular complexity index is 538. The van der Waals surface area contributed by atoms with Crippen LogP contribution in [0, 0.1) is 0 Å². The molecule has 0 aliphatic carbocycles. The molecule has 2 atom stereocenters. The highest BCUT2D eigenvalue weighted by Gasteiger charge is 2.18. The van der Waals surface area contributed by atoms with E-state index in [2.05, 4.69) is 10.3 Å². The van der Waals surface area contributed by atoms with Gasteiger partial charge in [0.05, 0.1) is 22.1 Å². The molecule has 1 amide bonds. The lowest BCUT2D eigenvalue weighted by atomic mass is 10.3. The molecule has 0 aliphatic rings. The number of aromatic nitrogens is 1. The lowest BCUT2D eigenvalue weighted by Gasteiger charge is -2.14. The molecule has 2 rings (SSSR count). The average Bonchev–Trinajstić information content (AvgIpc) is 2.80.